The van der Waals surface area contributed by atoms with Gasteiger partial charge in [-0.3, -0.25) is 4.79 Å². The highest BCUT2D eigenvalue weighted by molar-refractivity contribution is 5.98. The summed E-state index contributed by atoms with van der Waals surface area (Å²) in [6.45, 7) is 7.39. The predicted molar refractivity (Wildman–Crippen MR) is 127 cm³/mol. The maximum Gasteiger partial charge on any atom is 0.263 e. The molecule has 2 aromatic heterocycles. The Morgan fingerprint density at radius 3 is 2.59 bits per heavy atom. The van der Waals surface area contributed by atoms with Crippen LogP contribution < -0.4 is 4.90 Å². The van der Waals surface area contributed by atoms with Crippen LogP contribution in [0.1, 0.15) is 58.2 Å². The van der Waals surface area contributed by atoms with Gasteiger partial charge in [-0.05, 0) is 19.3 Å². The van der Waals surface area contributed by atoms with Gasteiger partial charge in [-0.25, -0.2) is 4.98 Å². The zero-order chi connectivity index (χ0) is 22.3. The Bertz CT molecular complexity index is 1030. The van der Waals surface area contributed by atoms with Crippen LogP contribution in [0.5, 0.6) is 0 Å². The molecule has 0 spiro atoms. The standard InChI is InChI=1S/C25H33N5O2/c1-3-5-13-20-26-24(30-16-10-15-29(17-18-30)21(31)14-6-4-2)22-23(28-32-25(22)27-20)19-11-8-7-9-12-19/h7-9,11-12H,3-6,10,13-18H2,1-2H3. The van der Waals surface area contributed by atoms with Crippen molar-refractivity contribution in [1.82, 2.24) is 20.0 Å². The zero-order valence-corrected chi connectivity index (χ0v) is 19.2. The number of anilines is 1. The molecule has 7 nitrogen and oxygen atoms in total. The number of aromatic nitrogens is 3. The summed E-state index contributed by atoms with van der Waals surface area (Å²) >= 11 is 0. The number of rotatable bonds is 8. The normalized spacial score (nSPS) is 14.7. The summed E-state index contributed by atoms with van der Waals surface area (Å²) in [5, 5.41) is 5.24. The second-order valence-corrected chi connectivity index (χ2v) is 8.47. The van der Waals surface area contributed by atoms with E-state index >= 15 is 0 Å². The monoisotopic (exact) mass is 435 g/mol. The van der Waals surface area contributed by atoms with Crippen molar-refractivity contribution in [2.45, 2.75) is 58.8 Å². The second kappa shape index (κ2) is 10.6. The Hall–Kier alpha value is -2.96. The minimum atomic E-state index is 0.264. The molecule has 3 heterocycles. The van der Waals surface area contributed by atoms with Crippen molar-refractivity contribution in [1.29, 1.82) is 0 Å². The summed E-state index contributed by atoms with van der Waals surface area (Å²) in [6.07, 6.45) is 6.48. The van der Waals surface area contributed by atoms with Crippen LogP contribution >= 0.6 is 0 Å². The highest BCUT2D eigenvalue weighted by Crippen LogP contribution is 2.34. The van der Waals surface area contributed by atoms with E-state index in [-0.39, 0.29) is 5.91 Å². The molecule has 0 aliphatic carbocycles. The molecule has 0 saturated carbocycles. The maximum atomic E-state index is 12.6. The number of carbonyl (C=O) groups is 1. The third kappa shape index (κ3) is 4.92. The lowest BCUT2D eigenvalue weighted by Crippen LogP contribution is -2.35. The van der Waals surface area contributed by atoms with E-state index in [9.17, 15) is 4.79 Å². The Morgan fingerprint density at radius 1 is 1.00 bits per heavy atom. The van der Waals surface area contributed by atoms with Crippen molar-refractivity contribution < 1.29 is 9.32 Å². The highest BCUT2D eigenvalue weighted by atomic mass is 16.5. The molecule has 0 N–H and O–H groups in total. The van der Waals surface area contributed by atoms with Crippen LogP contribution in [0.4, 0.5) is 5.82 Å². The van der Waals surface area contributed by atoms with Crippen molar-refractivity contribution in [2.75, 3.05) is 31.1 Å². The van der Waals surface area contributed by atoms with Crippen LogP contribution in [0, 0.1) is 0 Å². The Kier molecular flexibility index (Phi) is 7.35. The van der Waals surface area contributed by atoms with Crippen LogP contribution in [0.15, 0.2) is 34.9 Å². The Morgan fingerprint density at radius 2 is 1.81 bits per heavy atom. The molecular weight excluding hydrogens is 402 g/mol. The van der Waals surface area contributed by atoms with Gasteiger partial charge in [-0.15, -0.1) is 0 Å². The first-order valence-electron chi connectivity index (χ1n) is 12.0. The first-order valence-corrected chi connectivity index (χ1v) is 12.0. The molecule has 1 aliphatic rings. The molecule has 3 aromatic rings. The van der Waals surface area contributed by atoms with Crippen LogP contribution in [0.25, 0.3) is 22.4 Å². The van der Waals surface area contributed by atoms with E-state index in [4.69, 9.17) is 9.51 Å². The second-order valence-electron chi connectivity index (χ2n) is 8.47. The highest BCUT2D eigenvalue weighted by Gasteiger charge is 2.25. The molecule has 4 rings (SSSR count). The molecule has 7 heteroatoms. The van der Waals surface area contributed by atoms with E-state index in [1.165, 1.54) is 0 Å². The summed E-state index contributed by atoms with van der Waals surface area (Å²) < 4.78 is 5.70. The molecule has 1 aromatic carbocycles. The lowest BCUT2D eigenvalue weighted by atomic mass is 10.1. The fourth-order valence-corrected chi connectivity index (χ4v) is 4.21. The number of carbonyl (C=O) groups excluding carboxylic acids is 1. The van der Waals surface area contributed by atoms with Gasteiger partial charge in [-0.1, -0.05) is 62.2 Å². The van der Waals surface area contributed by atoms with Crippen molar-refractivity contribution >= 4 is 22.8 Å². The molecule has 32 heavy (non-hydrogen) atoms. The van der Waals surface area contributed by atoms with Gasteiger partial charge in [0.1, 0.15) is 22.7 Å². The first kappa shape index (κ1) is 22.2. The largest absolute Gasteiger partial charge is 0.354 e. The predicted octanol–water partition coefficient (Wildman–Crippen LogP) is 4.86. The number of benzene rings is 1. The average molecular weight is 436 g/mol. The van der Waals surface area contributed by atoms with Crippen molar-refractivity contribution in [3.8, 4) is 11.3 Å². The number of hydrogen-bond donors (Lipinski definition) is 0. The van der Waals surface area contributed by atoms with Crippen molar-refractivity contribution in [2.24, 2.45) is 0 Å². The molecule has 0 unspecified atom stereocenters. The summed E-state index contributed by atoms with van der Waals surface area (Å²) in [5.74, 6) is 1.94. The smallest absolute Gasteiger partial charge is 0.263 e. The number of nitrogens with zero attached hydrogens (tertiary/aromatic N) is 5. The SMILES string of the molecule is CCCCC(=O)N1CCCN(c2nc(CCCC)nc3onc(-c4ccccc4)c23)CC1. The van der Waals surface area contributed by atoms with Crippen LogP contribution in [0.3, 0.4) is 0 Å². The summed E-state index contributed by atoms with van der Waals surface area (Å²) in [5.41, 5.74) is 2.31. The van der Waals surface area contributed by atoms with Gasteiger partial charge in [-0.2, -0.15) is 4.98 Å². The molecule has 1 saturated heterocycles. The van der Waals surface area contributed by atoms with Crippen molar-refractivity contribution in [3.63, 3.8) is 0 Å². The summed E-state index contributed by atoms with van der Waals surface area (Å²) in [4.78, 5) is 26.6. The first-order chi connectivity index (χ1) is 15.7. The third-order valence-corrected chi connectivity index (χ3v) is 6.06. The number of amides is 1. The molecule has 0 radical (unpaired) electrons. The van der Waals surface area contributed by atoms with Crippen LogP contribution in [-0.2, 0) is 11.2 Å². The van der Waals surface area contributed by atoms with E-state index in [2.05, 4.69) is 28.9 Å². The number of unbranched alkanes of at least 4 members (excludes halogenated alkanes) is 2. The average Bonchev–Trinajstić information content (AvgIpc) is 3.10. The van der Waals surface area contributed by atoms with Gasteiger partial charge in [0, 0.05) is 44.6 Å². The topological polar surface area (TPSA) is 75.4 Å². The molecule has 1 fully saturated rings. The van der Waals surface area contributed by atoms with Gasteiger partial charge in [0.2, 0.25) is 5.91 Å². The van der Waals surface area contributed by atoms with E-state index in [0.717, 1.165) is 86.4 Å². The van der Waals surface area contributed by atoms with Gasteiger partial charge in [0.05, 0.1) is 0 Å². The Labute approximate surface area is 189 Å². The molecule has 0 atom stereocenters. The van der Waals surface area contributed by atoms with Gasteiger partial charge >= 0.3 is 0 Å². The van der Waals surface area contributed by atoms with Crippen LogP contribution in [0.2, 0.25) is 0 Å². The number of hydrogen-bond acceptors (Lipinski definition) is 6. The van der Waals surface area contributed by atoms with Gasteiger partial charge in [0.25, 0.3) is 5.71 Å². The van der Waals surface area contributed by atoms with Gasteiger partial charge < -0.3 is 14.3 Å². The van der Waals surface area contributed by atoms with Gasteiger partial charge in [0.15, 0.2) is 0 Å². The Balaban J connectivity index is 1.68. The minimum Gasteiger partial charge on any atom is -0.354 e. The summed E-state index contributed by atoms with van der Waals surface area (Å²) in [6, 6.07) is 10.0. The van der Waals surface area contributed by atoms with Crippen molar-refractivity contribution in [3.05, 3.63) is 36.2 Å². The zero-order valence-electron chi connectivity index (χ0n) is 19.2. The van der Waals surface area contributed by atoms with E-state index < -0.39 is 0 Å². The van der Waals surface area contributed by atoms with E-state index in [0.29, 0.717) is 18.7 Å². The lowest BCUT2D eigenvalue weighted by Gasteiger charge is -2.24. The molecule has 1 amide bonds. The quantitative estimate of drug-likeness (QED) is 0.503. The van der Waals surface area contributed by atoms with E-state index in [1.807, 2.05) is 35.2 Å². The molecule has 1 aliphatic heterocycles. The number of fused-ring (bicyclic) bond motifs is 1. The van der Waals surface area contributed by atoms with Crippen LogP contribution in [-0.4, -0.2) is 52.1 Å². The fourth-order valence-electron chi connectivity index (χ4n) is 4.21. The molecule has 170 valence electrons. The minimum absolute atomic E-state index is 0.264. The summed E-state index contributed by atoms with van der Waals surface area (Å²) in [7, 11) is 0. The maximum absolute atomic E-state index is 12.6. The molecule has 0 bridgehead atoms. The number of aryl methyl sites for hydroxylation is 1. The lowest BCUT2D eigenvalue weighted by molar-refractivity contribution is -0.131. The van der Waals surface area contributed by atoms with E-state index in [1.54, 1.807) is 0 Å². The molecular formula is C25H33N5O2. The third-order valence-electron chi connectivity index (χ3n) is 6.06. The fraction of sp³-hybridized carbons (Fsp3) is 0.520.